The van der Waals surface area contributed by atoms with Crippen molar-refractivity contribution in [2.24, 2.45) is 0 Å². The zero-order chi connectivity index (χ0) is 11.6. The lowest BCUT2D eigenvalue weighted by molar-refractivity contribution is 0.0502. The normalized spacial score (nSPS) is 8.75. The third kappa shape index (κ3) is 4.47. The Labute approximate surface area is 95.9 Å². The first-order valence-electron chi connectivity index (χ1n) is 5.16. The largest absolute Gasteiger partial charge is 0.462 e. The Balaban J connectivity index is 2.24. The maximum atomic E-state index is 11.5. The Hall–Kier alpha value is -2.01. The molecule has 0 saturated carbocycles. The van der Waals surface area contributed by atoms with Gasteiger partial charge in [-0.3, -0.25) is 0 Å². The van der Waals surface area contributed by atoms with Crippen molar-refractivity contribution in [3.8, 4) is 11.8 Å². The number of unbranched alkanes of at least 4 members (excludes halogenated alkanes) is 1. The fourth-order valence-electron chi connectivity index (χ4n) is 1.13. The molecular weight excluding hydrogens is 200 g/mol. The summed E-state index contributed by atoms with van der Waals surface area (Å²) in [5.41, 5.74) is 0.583. The monoisotopic (exact) mass is 214 g/mol. The van der Waals surface area contributed by atoms with Crippen molar-refractivity contribution in [1.82, 2.24) is 0 Å². The molecule has 0 amide bonds. The van der Waals surface area contributed by atoms with E-state index < -0.39 is 0 Å². The minimum atomic E-state index is -0.280. The Kier molecular flexibility index (Phi) is 5.51. The van der Waals surface area contributed by atoms with Gasteiger partial charge in [-0.05, 0) is 24.6 Å². The maximum Gasteiger partial charge on any atom is 0.338 e. The number of hydrogen-bond donors (Lipinski definition) is 0. The molecule has 0 radical (unpaired) electrons. The van der Waals surface area contributed by atoms with Gasteiger partial charge < -0.3 is 4.74 Å². The molecule has 1 rings (SSSR count). The van der Waals surface area contributed by atoms with Crippen LogP contribution in [-0.2, 0) is 4.74 Å². The molecule has 0 N–H and O–H groups in total. The van der Waals surface area contributed by atoms with Crippen molar-refractivity contribution in [1.29, 1.82) is 0 Å². The van der Waals surface area contributed by atoms with E-state index in [1.807, 2.05) is 18.2 Å². The summed E-state index contributed by atoms with van der Waals surface area (Å²) in [6.45, 7) is 3.89. The Morgan fingerprint density at radius 3 is 2.81 bits per heavy atom. The first-order chi connectivity index (χ1) is 7.84. The lowest BCUT2D eigenvalue weighted by Crippen LogP contribution is -2.05. The molecule has 0 spiro atoms. The van der Waals surface area contributed by atoms with E-state index in [1.54, 1.807) is 18.2 Å². The van der Waals surface area contributed by atoms with E-state index in [0.717, 1.165) is 6.42 Å². The van der Waals surface area contributed by atoms with Crippen LogP contribution in [0.5, 0.6) is 0 Å². The lowest BCUT2D eigenvalue weighted by atomic mass is 10.2. The molecule has 0 bridgehead atoms. The third-order valence-electron chi connectivity index (χ3n) is 1.89. The quantitative estimate of drug-likeness (QED) is 0.437. The van der Waals surface area contributed by atoms with Gasteiger partial charge in [0.2, 0.25) is 0 Å². The molecule has 2 nitrogen and oxygen atoms in total. The van der Waals surface area contributed by atoms with Crippen LogP contribution in [0, 0.1) is 11.8 Å². The molecule has 0 aromatic heterocycles. The Morgan fingerprint density at radius 1 is 1.38 bits per heavy atom. The summed E-state index contributed by atoms with van der Waals surface area (Å²) in [7, 11) is 0. The van der Waals surface area contributed by atoms with Gasteiger partial charge in [0.25, 0.3) is 0 Å². The first-order valence-corrected chi connectivity index (χ1v) is 5.16. The van der Waals surface area contributed by atoms with E-state index in [0.29, 0.717) is 18.6 Å². The number of benzene rings is 1. The number of hydrogen-bond acceptors (Lipinski definition) is 2. The number of carbonyl (C=O) groups is 1. The van der Waals surface area contributed by atoms with Crippen LogP contribution in [0.4, 0.5) is 0 Å². The molecule has 2 heteroatoms. The molecule has 0 aliphatic heterocycles. The summed E-state index contributed by atoms with van der Waals surface area (Å²) in [5.74, 6) is 5.35. The second kappa shape index (κ2) is 7.30. The first kappa shape index (κ1) is 12.1. The van der Waals surface area contributed by atoms with E-state index in [4.69, 9.17) is 4.74 Å². The molecular formula is C14H14O2. The minimum Gasteiger partial charge on any atom is -0.462 e. The number of esters is 1. The van der Waals surface area contributed by atoms with Crippen molar-refractivity contribution in [2.75, 3.05) is 6.61 Å². The van der Waals surface area contributed by atoms with Gasteiger partial charge in [-0.1, -0.05) is 36.6 Å². The van der Waals surface area contributed by atoms with Crippen LogP contribution in [-0.4, -0.2) is 12.6 Å². The van der Waals surface area contributed by atoms with Crippen LogP contribution in [0.25, 0.3) is 0 Å². The average molecular weight is 214 g/mol. The van der Waals surface area contributed by atoms with Crippen LogP contribution in [0.1, 0.15) is 23.2 Å². The van der Waals surface area contributed by atoms with Crippen LogP contribution in [0.15, 0.2) is 43.0 Å². The summed E-state index contributed by atoms with van der Waals surface area (Å²) in [5, 5.41) is 0. The molecule has 82 valence electrons. The fraction of sp³-hybridized carbons (Fsp3) is 0.214. The Morgan fingerprint density at radius 2 is 2.12 bits per heavy atom. The van der Waals surface area contributed by atoms with Crippen molar-refractivity contribution in [3.63, 3.8) is 0 Å². The summed E-state index contributed by atoms with van der Waals surface area (Å²) in [6.07, 6.45) is 3.02. The second-order valence-corrected chi connectivity index (χ2v) is 3.13. The topological polar surface area (TPSA) is 26.3 Å². The highest BCUT2D eigenvalue weighted by molar-refractivity contribution is 5.89. The van der Waals surface area contributed by atoms with Gasteiger partial charge in [0, 0.05) is 6.42 Å². The predicted molar refractivity (Wildman–Crippen MR) is 63.9 cm³/mol. The molecule has 1 aromatic rings. The van der Waals surface area contributed by atoms with Crippen molar-refractivity contribution >= 4 is 5.97 Å². The van der Waals surface area contributed by atoms with Crippen molar-refractivity contribution in [3.05, 3.63) is 48.6 Å². The number of allylic oxidation sites excluding steroid dienone is 1. The average Bonchev–Trinajstić information content (AvgIpc) is 2.34. The zero-order valence-corrected chi connectivity index (χ0v) is 9.11. The van der Waals surface area contributed by atoms with Gasteiger partial charge in [-0.2, -0.15) is 0 Å². The van der Waals surface area contributed by atoms with Crippen LogP contribution < -0.4 is 0 Å². The summed E-state index contributed by atoms with van der Waals surface area (Å²) < 4.78 is 5.08. The number of rotatable bonds is 4. The van der Waals surface area contributed by atoms with Gasteiger partial charge in [0.1, 0.15) is 0 Å². The minimum absolute atomic E-state index is 0.280. The van der Waals surface area contributed by atoms with Gasteiger partial charge in [-0.25, -0.2) is 4.79 Å². The van der Waals surface area contributed by atoms with Crippen LogP contribution >= 0.6 is 0 Å². The molecule has 0 heterocycles. The highest BCUT2D eigenvalue weighted by Crippen LogP contribution is 2.01. The summed E-state index contributed by atoms with van der Waals surface area (Å²) >= 11 is 0. The van der Waals surface area contributed by atoms with Crippen molar-refractivity contribution in [2.45, 2.75) is 12.8 Å². The van der Waals surface area contributed by atoms with Crippen molar-refractivity contribution < 1.29 is 9.53 Å². The predicted octanol–water partition coefficient (Wildman–Crippen LogP) is 2.81. The molecule has 0 saturated heterocycles. The van der Waals surface area contributed by atoms with Crippen LogP contribution in [0.2, 0.25) is 0 Å². The van der Waals surface area contributed by atoms with Gasteiger partial charge >= 0.3 is 5.97 Å². The van der Waals surface area contributed by atoms with Gasteiger partial charge in [-0.15, -0.1) is 0 Å². The summed E-state index contributed by atoms with van der Waals surface area (Å²) in [6, 6.07) is 8.96. The number of ether oxygens (including phenoxy) is 1. The fourth-order valence-corrected chi connectivity index (χ4v) is 1.13. The van der Waals surface area contributed by atoms with E-state index in [-0.39, 0.29) is 5.97 Å². The molecule has 0 unspecified atom stereocenters. The third-order valence-corrected chi connectivity index (χ3v) is 1.89. The van der Waals surface area contributed by atoms with Gasteiger partial charge in [0.15, 0.2) is 0 Å². The molecule has 0 aliphatic carbocycles. The summed E-state index contributed by atoms with van der Waals surface area (Å²) in [4.78, 5) is 11.5. The highest BCUT2D eigenvalue weighted by atomic mass is 16.5. The SMILES string of the molecule is C=CC#CCCCOC(=O)c1ccccc1. The van der Waals surface area contributed by atoms with E-state index in [2.05, 4.69) is 18.4 Å². The molecule has 1 aromatic carbocycles. The number of carbonyl (C=O) groups excluding carboxylic acids is 1. The van der Waals surface area contributed by atoms with Gasteiger partial charge in [0.05, 0.1) is 12.2 Å². The zero-order valence-electron chi connectivity index (χ0n) is 9.11. The molecule has 16 heavy (non-hydrogen) atoms. The smallest absolute Gasteiger partial charge is 0.338 e. The van der Waals surface area contributed by atoms with E-state index >= 15 is 0 Å². The highest BCUT2D eigenvalue weighted by Gasteiger charge is 2.04. The van der Waals surface area contributed by atoms with E-state index in [9.17, 15) is 4.79 Å². The maximum absolute atomic E-state index is 11.5. The molecule has 0 atom stereocenters. The standard InChI is InChI=1S/C14H14O2/c1-2-3-4-5-9-12-16-14(15)13-10-7-6-8-11-13/h2,6-8,10-11H,1,5,9,12H2. The lowest BCUT2D eigenvalue weighted by Gasteiger charge is -2.02. The molecule has 0 aliphatic rings. The van der Waals surface area contributed by atoms with E-state index in [1.165, 1.54) is 0 Å². The Bertz CT molecular complexity index is 396. The molecule has 0 fully saturated rings. The van der Waals surface area contributed by atoms with Crippen LogP contribution in [0.3, 0.4) is 0 Å². The second-order valence-electron chi connectivity index (χ2n) is 3.13.